The summed E-state index contributed by atoms with van der Waals surface area (Å²) in [6.45, 7) is 0.605. The summed E-state index contributed by atoms with van der Waals surface area (Å²) in [7, 11) is 0.0810. The molecule has 0 bridgehead atoms. The summed E-state index contributed by atoms with van der Waals surface area (Å²) in [5.74, 6) is -0.307. The Bertz CT molecular complexity index is 712. The molecule has 1 aliphatic rings. The molecule has 0 fully saturated rings. The molecule has 128 valence electrons. The van der Waals surface area contributed by atoms with Gasteiger partial charge in [0, 0.05) is 11.9 Å². The van der Waals surface area contributed by atoms with Gasteiger partial charge in [-0.3, -0.25) is 4.99 Å². The van der Waals surface area contributed by atoms with Gasteiger partial charge in [0.25, 0.3) is 5.19 Å². The van der Waals surface area contributed by atoms with Crippen LogP contribution in [0.1, 0.15) is 5.69 Å². The number of aliphatic hydroxyl groups is 1. The Morgan fingerprint density at radius 1 is 1.57 bits per heavy atom. The van der Waals surface area contributed by atoms with E-state index in [2.05, 4.69) is 19.1 Å². The van der Waals surface area contributed by atoms with E-state index in [1.165, 1.54) is 11.3 Å². The predicted molar refractivity (Wildman–Crippen MR) is 87.0 cm³/mol. The Morgan fingerprint density at radius 2 is 2.30 bits per heavy atom. The van der Waals surface area contributed by atoms with Gasteiger partial charge in [0.15, 0.2) is 11.7 Å². The highest BCUT2D eigenvalue weighted by Gasteiger charge is 2.23. The van der Waals surface area contributed by atoms with Crippen molar-refractivity contribution in [3.05, 3.63) is 11.1 Å². The van der Waals surface area contributed by atoms with Crippen LogP contribution in [0, 0.1) is 0 Å². The zero-order valence-corrected chi connectivity index (χ0v) is 14.3. The van der Waals surface area contributed by atoms with Gasteiger partial charge in [0.2, 0.25) is 0 Å². The minimum absolute atomic E-state index is 0.0184. The van der Waals surface area contributed by atoms with Crippen molar-refractivity contribution in [1.82, 2.24) is 14.6 Å². The fraction of sp³-hybridized carbons (Fsp3) is 0.545. The van der Waals surface area contributed by atoms with Crippen molar-refractivity contribution in [3.63, 3.8) is 0 Å². The molecule has 1 aromatic heterocycles. The Labute approximate surface area is 137 Å². The maximum absolute atomic E-state index is 11.1. The first kappa shape index (κ1) is 17.6. The molecular weight excluding hydrogens is 344 g/mol. The molecule has 1 aliphatic heterocycles. The molecule has 0 spiro atoms. The van der Waals surface area contributed by atoms with E-state index in [4.69, 9.17) is 10.5 Å². The number of aromatic nitrogens is 1. The molecule has 0 aromatic carbocycles. The number of hydrogen-bond acceptors (Lipinski definition) is 9. The molecule has 2 heterocycles. The van der Waals surface area contributed by atoms with Crippen LogP contribution in [0.25, 0.3) is 0 Å². The number of nitrogens with two attached hydrogens (primary N) is 1. The molecule has 1 unspecified atom stereocenters. The van der Waals surface area contributed by atoms with Crippen molar-refractivity contribution in [2.24, 2.45) is 15.1 Å². The van der Waals surface area contributed by atoms with Crippen LogP contribution in [-0.2, 0) is 16.8 Å². The van der Waals surface area contributed by atoms with Crippen molar-refractivity contribution < 1.29 is 18.3 Å². The van der Waals surface area contributed by atoms with Crippen molar-refractivity contribution in [3.8, 4) is 5.19 Å². The fourth-order valence-electron chi connectivity index (χ4n) is 1.65. The van der Waals surface area contributed by atoms with Gasteiger partial charge in [0.1, 0.15) is 12.7 Å². The van der Waals surface area contributed by atoms with Crippen LogP contribution in [-0.4, -0.2) is 68.4 Å². The topological polar surface area (TPSA) is 142 Å². The molecule has 1 aromatic rings. The fourth-order valence-corrected chi connectivity index (χ4v) is 3.13. The summed E-state index contributed by atoms with van der Waals surface area (Å²) in [6.07, 6.45) is -0.929. The second kappa shape index (κ2) is 7.21. The molecule has 0 radical (unpaired) electrons. The Hall–Kier alpha value is -1.76. The van der Waals surface area contributed by atoms with E-state index in [0.717, 1.165) is 5.69 Å². The van der Waals surface area contributed by atoms with E-state index in [9.17, 15) is 13.5 Å². The Balaban J connectivity index is 1.81. The summed E-state index contributed by atoms with van der Waals surface area (Å²) in [5, 5.41) is 12.2. The molecule has 23 heavy (non-hydrogen) atoms. The van der Waals surface area contributed by atoms with E-state index >= 15 is 0 Å². The number of nitrogens with one attached hydrogen (secondary N) is 1. The summed E-state index contributed by atoms with van der Waals surface area (Å²) in [5.41, 5.74) is 6.28. The first-order chi connectivity index (χ1) is 10.7. The summed E-state index contributed by atoms with van der Waals surface area (Å²) >= 11 is 1.34. The molecule has 12 heteroatoms. The van der Waals surface area contributed by atoms with Crippen molar-refractivity contribution in [1.29, 1.82) is 0 Å². The zero-order valence-electron chi connectivity index (χ0n) is 12.6. The molecule has 0 saturated heterocycles. The molecule has 4 N–H and O–H groups in total. The lowest BCUT2D eigenvalue weighted by molar-refractivity contribution is 0.114. The lowest BCUT2D eigenvalue weighted by atomic mass is 10.4. The van der Waals surface area contributed by atoms with Crippen LogP contribution in [0.3, 0.4) is 0 Å². The van der Waals surface area contributed by atoms with Gasteiger partial charge >= 0.3 is 10.2 Å². The standard InChI is InChI=1S/C11H18N6O4S2/c1-17(2)4-7-6-22-11(14-7)21-5-8(18)3-13-10-9(12)15-23(19,20)16-10/h6,8,18H,3-5H2,1-2H3,(H2,12,15)(H,13,16). The van der Waals surface area contributed by atoms with Crippen LogP contribution >= 0.6 is 11.3 Å². The normalized spacial score (nSPS) is 19.7. The second-order valence-electron chi connectivity index (χ2n) is 5.05. The van der Waals surface area contributed by atoms with Gasteiger partial charge in [-0.25, -0.2) is 9.71 Å². The lowest BCUT2D eigenvalue weighted by Gasteiger charge is -2.08. The smallest absolute Gasteiger partial charge is 0.345 e. The number of rotatable bonds is 7. The van der Waals surface area contributed by atoms with Crippen molar-refractivity contribution >= 4 is 33.2 Å². The van der Waals surface area contributed by atoms with Crippen LogP contribution in [0.5, 0.6) is 5.19 Å². The quantitative estimate of drug-likeness (QED) is 0.538. The van der Waals surface area contributed by atoms with Crippen LogP contribution in [0.4, 0.5) is 0 Å². The second-order valence-corrected chi connectivity index (χ2v) is 7.21. The van der Waals surface area contributed by atoms with E-state index in [1.807, 2.05) is 24.4 Å². The van der Waals surface area contributed by atoms with E-state index in [-0.39, 0.29) is 24.8 Å². The number of aliphatic imine (C=N–C) groups is 1. The monoisotopic (exact) mass is 362 g/mol. The lowest BCUT2D eigenvalue weighted by Crippen LogP contribution is -2.32. The number of hydrogen-bond donors (Lipinski definition) is 3. The number of thiazole rings is 1. The van der Waals surface area contributed by atoms with E-state index in [0.29, 0.717) is 11.7 Å². The maximum Gasteiger partial charge on any atom is 0.345 e. The highest BCUT2D eigenvalue weighted by molar-refractivity contribution is 7.89. The number of ether oxygens (including phenoxy) is 1. The maximum atomic E-state index is 11.1. The van der Waals surface area contributed by atoms with Gasteiger partial charge in [-0.1, -0.05) is 11.3 Å². The summed E-state index contributed by atoms with van der Waals surface area (Å²) < 4.78 is 32.9. The minimum Gasteiger partial charge on any atom is -0.467 e. The van der Waals surface area contributed by atoms with E-state index in [1.54, 1.807) is 0 Å². The highest BCUT2D eigenvalue weighted by Crippen LogP contribution is 2.18. The Kier molecular flexibility index (Phi) is 5.51. The third-order valence-electron chi connectivity index (χ3n) is 2.56. The van der Waals surface area contributed by atoms with Crippen molar-refractivity contribution in [2.75, 3.05) is 27.2 Å². The minimum atomic E-state index is -3.80. The zero-order chi connectivity index (χ0) is 17.0. The predicted octanol–water partition coefficient (Wildman–Crippen LogP) is -1.45. The van der Waals surface area contributed by atoms with Gasteiger partial charge in [-0.15, -0.1) is 4.40 Å². The first-order valence-electron chi connectivity index (χ1n) is 6.58. The molecule has 1 atom stereocenters. The van der Waals surface area contributed by atoms with Crippen LogP contribution in [0.2, 0.25) is 0 Å². The first-order valence-corrected chi connectivity index (χ1v) is 8.90. The van der Waals surface area contributed by atoms with E-state index < -0.39 is 16.3 Å². The number of amidine groups is 2. The third-order valence-corrected chi connectivity index (χ3v) is 4.24. The highest BCUT2D eigenvalue weighted by atomic mass is 32.2. The molecule has 0 amide bonds. The molecule has 2 rings (SSSR count). The van der Waals surface area contributed by atoms with Gasteiger partial charge in [-0.2, -0.15) is 8.42 Å². The SMILES string of the molecule is CN(C)Cc1csc(OCC(O)CN=C2NS(=O)(=O)N=C2N)n1. The average molecular weight is 362 g/mol. The summed E-state index contributed by atoms with van der Waals surface area (Å²) in [4.78, 5) is 10.1. The van der Waals surface area contributed by atoms with Gasteiger partial charge in [0.05, 0.1) is 12.2 Å². The molecule has 10 nitrogen and oxygen atoms in total. The van der Waals surface area contributed by atoms with Gasteiger partial charge < -0.3 is 20.5 Å². The van der Waals surface area contributed by atoms with Crippen molar-refractivity contribution in [2.45, 2.75) is 12.6 Å². The Morgan fingerprint density at radius 3 is 2.91 bits per heavy atom. The molecule has 0 saturated carbocycles. The third kappa shape index (κ3) is 5.42. The number of aliphatic hydroxyl groups excluding tert-OH is 1. The van der Waals surface area contributed by atoms with Crippen LogP contribution < -0.4 is 15.2 Å². The largest absolute Gasteiger partial charge is 0.467 e. The average Bonchev–Trinajstić information content (AvgIpc) is 2.97. The van der Waals surface area contributed by atoms with Crippen LogP contribution in [0.15, 0.2) is 14.8 Å². The number of nitrogens with zero attached hydrogens (tertiary/aromatic N) is 4. The molecule has 0 aliphatic carbocycles. The summed E-state index contributed by atoms with van der Waals surface area (Å²) in [6, 6.07) is 0. The molecular formula is C11H18N6O4S2. The van der Waals surface area contributed by atoms with Gasteiger partial charge in [-0.05, 0) is 14.1 Å².